The molecule has 0 atom stereocenters. The Morgan fingerprint density at radius 3 is 2.60 bits per heavy atom. The maximum atomic E-state index is 12.9. The number of rotatable bonds is 2. The van der Waals surface area contributed by atoms with Crippen LogP contribution >= 0.6 is 11.6 Å². The zero-order chi connectivity index (χ0) is 14.8. The van der Waals surface area contributed by atoms with Crippen LogP contribution in [0.15, 0.2) is 36.7 Å². The Bertz CT molecular complexity index is 677. The van der Waals surface area contributed by atoms with Crippen LogP contribution < -0.4 is 5.32 Å². The van der Waals surface area contributed by atoms with Gasteiger partial charge in [-0.3, -0.25) is 4.98 Å². The van der Waals surface area contributed by atoms with Gasteiger partial charge in [-0.25, -0.2) is 0 Å². The van der Waals surface area contributed by atoms with Crippen LogP contribution in [0.2, 0.25) is 5.02 Å². The number of pyridine rings is 1. The highest BCUT2D eigenvalue weighted by atomic mass is 35.5. The van der Waals surface area contributed by atoms with Crippen molar-refractivity contribution in [3.63, 3.8) is 0 Å². The maximum absolute atomic E-state index is 12.9. The third-order valence-corrected chi connectivity index (χ3v) is 2.73. The van der Waals surface area contributed by atoms with Gasteiger partial charge in [-0.1, -0.05) is 11.6 Å². The molecule has 2 rings (SSSR count). The van der Waals surface area contributed by atoms with E-state index in [2.05, 4.69) is 10.3 Å². The topological polar surface area (TPSA) is 48.7 Å². The van der Waals surface area contributed by atoms with Crippen molar-refractivity contribution in [3.05, 3.63) is 52.8 Å². The molecule has 1 heterocycles. The van der Waals surface area contributed by atoms with E-state index in [1.807, 2.05) is 6.07 Å². The van der Waals surface area contributed by atoms with E-state index in [0.29, 0.717) is 0 Å². The lowest BCUT2D eigenvalue weighted by Crippen LogP contribution is -2.09. The van der Waals surface area contributed by atoms with Crippen molar-refractivity contribution in [1.29, 1.82) is 5.26 Å². The molecule has 0 radical (unpaired) electrons. The molecule has 1 aromatic carbocycles. The third kappa shape index (κ3) is 3.00. The van der Waals surface area contributed by atoms with Crippen molar-refractivity contribution < 1.29 is 13.2 Å². The van der Waals surface area contributed by atoms with Crippen LogP contribution in [0.5, 0.6) is 0 Å². The standard InChI is InChI=1S/C13H7ClF3N3/c14-9-1-2-11(10(5-9)13(15,16)17)20-12-7-19-4-3-8(12)6-18/h1-5,7,20H. The van der Waals surface area contributed by atoms with Gasteiger partial charge in [-0.05, 0) is 24.3 Å². The van der Waals surface area contributed by atoms with Crippen molar-refractivity contribution in [2.24, 2.45) is 0 Å². The number of benzene rings is 1. The molecule has 0 saturated carbocycles. The van der Waals surface area contributed by atoms with E-state index in [4.69, 9.17) is 16.9 Å². The summed E-state index contributed by atoms with van der Waals surface area (Å²) in [5.74, 6) is 0. The highest BCUT2D eigenvalue weighted by molar-refractivity contribution is 6.30. The van der Waals surface area contributed by atoms with E-state index in [0.717, 1.165) is 6.07 Å². The summed E-state index contributed by atoms with van der Waals surface area (Å²) >= 11 is 5.59. The molecule has 0 aliphatic carbocycles. The maximum Gasteiger partial charge on any atom is 0.418 e. The molecular weight excluding hydrogens is 291 g/mol. The molecule has 1 N–H and O–H groups in total. The molecular formula is C13H7ClF3N3. The summed E-state index contributed by atoms with van der Waals surface area (Å²) in [5.41, 5.74) is -0.699. The Labute approximate surface area is 117 Å². The number of nitrogens with zero attached hydrogens (tertiary/aromatic N) is 2. The molecule has 0 spiro atoms. The average molecular weight is 298 g/mol. The van der Waals surface area contributed by atoms with Crippen LogP contribution in [0.3, 0.4) is 0 Å². The molecule has 102 valence electrons. The zero-order valence-electron chi connectivity index (χ0n) is 9.87. The lowest BCUT2D eigenvalue weighted by Gasteiger charge is -2.15. The van der Waals surface area contributed by atoms with Gasteiger partial charge in [0, 0.05) is 11.2 Å². The van der Waals surface area contributed by atoms with E-state index >= 15 is 0 Å². The normalized spacial score (nSPS) is 10.9. The SMILES string of the molecule is N#Cc1ccncc1Nc1ccc(Cl)cc1C(F)(F)F. The van der Waals surface area contributed by atoms with Gasteiger partial charge in [-0.2, -0.15) is 18.4 Å². The first kappa shape index (κ1) is 14.2. The molecule has 0 aliphatic heterocycles. The van der Waals surface area contributed by atoms with Crippen molar-refractivity contribution in [2.75, 3.05) is 5.32 Å². The number of aromatic nitrogens is 1. The van der Waals surface area contributed by atoms with Gasteiger partial charge >= 0.3 is 6.18 Å². The second-order valence-corrected chi connectivity index (χ2v) is 4.28. The van der Waals surface area contributed by atoms with Crippen LogP contribution in [-0.2, 0) is 6.18 Å². The molecule has 0 saturated heterocycles. The van der Waals surface area contributed by atoms with Gasteiger partial charge < -0.3 is 5.32 Å². The average Bonchev–Trinajstić information content (AvgIpc) is 2.40. The van der Waals surface area contributed by atoms with E-state index < -0.39 is 11.7 Å². The summed E-state index contributed by atoms with van der Waals surface area (Å²) in [5, 5.41) is 11.5. The predicted molar refractivity (Wildman–Crippen MR) is 68.7 cm³/mol. The molecule has 0 fully saturated rings. The number of anilines is 2. The minimum Gasteiger partial charge on any atom is -0.353 e. The number of halogens is 4. The van der Waals surface area contributed by atoms with Gasteiger partial charge in [0.15, 0.2) is 0 Å². The first-order valence-electron chi connectivity index (χ1n) is 5.39. The van der Waals surface area contributed by atoms with Gasteiger partial charge in [0.05, 0.1) is 28.7 Å². The van der Waals surface area contributed by atoms with Crippen LogP contribution in [-0.4, -0.2) is 4.98 Å². The molecule has 7 heteroatoms. The summed E-state index contributed by atoms with van der Waals surface area (Å²) < 4.78 is 38.8. The molecule has 20 heavy (non-hydrogen) atoms. The zero-order valence-corrected chi connectivity index (χ0v) is 10.6. The minimum atomic E-state index is -4.55. The summed E-state index contributed by atoms with van der Waals surface area (Å²) in [4.78, 5) is 3.78. The van der Waals surface area contributed by atoms with E-state index in [-0.39, 0.29) is 22.0 Å². The molecule has 0 aliphatic rings. The number of nitriles is 1. The molecule has 2 aromatic rings. The minimum absolute atomic E-state index is 0.0189. The Balaban J connectivity index is 2.47. The Morgan fingerprint density at radius 1 is 1.20 bits per heavy atom. The molecule has 1 aromatic heterocycles. The first-order chi connectivity index (χ1) is 9.41. The lowest BCUT2D eigenvalue weighted by molar-refractivity contribution is -0.136. The van der Waals surface area contributed by atoms with Gasteiger partial charge in [0.1, 0.15) is 6.07 Å². The molecule has 0 amide bonds. The summed E-state index contributed by atoms with van der Waals surface area (Å²) in [7, 11) is 0. The van der Waals surface area contributed by atoms with Crippen molar-refractivity contribution in [1.82, 2.24) is 4.98 Å². The smallest absolute Gasteiger partial charge is 0.353 e. The molecule has 3 nitrogen and oxygen atoms in total. The quantitative estimate of drug-likeness (QED) is 0.895. The number of hydrogen-bond donors (Lipinski definition) is 1. The molecule has 0 unspecified atom stereocenters. The summed E-state index contributed by atoms with van der Waals surface area (Å²) in [6, 6.07) is 6.65. The monoisotopic (exact) mass is 297 g/mol. The van der Waals surface area contributed by atoms with Crippen molar-refractivity contribution in [2.45, 2.75) is 6.18 Å². The number of hydrogen-bond acceptors (Lipinski definition) is 3. The summed E-state index contributed by atoms with van der Waals surface area (Å²) in [6.07, 6.45) is -1.88. The second kappa shape index (κ2) is 5.39. The van der Waals surface area contributed by atoms with Crippen LogP contribution in [0, 0.1) is 11.3 Å². The van der Waals surface area contributed by atoms with Crippen LogP contribution in [0.4, 0.5) is 24.5 Å². The Hall–Kier alpha value is -2.26. The van der Waals surface area contributed by atoms with Crippen molar-refractivity contribution in [3.8, 4) is 6.07 Å². The Morgan fingerprint density at radius 2 is 1.95 bits per heavy atom. The van der Waals surface area contributed by atoms with E-state index in [1.165, 1.54) is 30.6 Å². The molecule has 0 bridgehead atoms. The third-order valence-electron chi connectivity index (χ3n) is 2.50. The van der Waals surface area contributed by atoms with Crippen LogP contribution in [0.25, 0.3) is 0 Å². The Kier molecular flexibility index (Phi) is 3.81. The largest absolute Gasteiger partial charge is 0.418 e. The highest BCUT2D eigenvalue weighted by Gasteiger charge is 2.34. The van der Waals surface area contributed by atoms with Crippen LogP contribution in [0.1, 0.15) is 11.1 Å². The number of alkyl halides is 3. The fraction of sp³-hybridized carbons (Fsp3) is 0.0769. The van der Waals surface area contributed by atoms with E-state index in [9.17, 15) is 13.2 Å². The predicted octanol–water partition coefficient (Wildman–Crippen LogP) is 4.37. The fourth-order valence-corrected chi connectivity index (χ4v) is 1.77. The van der Waals surface area contributed by atoms with Gasteiger partial charge in [0.25, 0.3) is 0 Å². The fourth-order valence-electron chi connectivity index (χ4n) is 1.60. The second-order valence-electron chi connectivity index (χ2n) is 3.85. The number of nitrogens with one attached hydrogen (secondary N) is 1. The first-order valence-corrected chi connectivity index (χ1v) is 5.77. The highest BCUT2D eigenvalue weighted by Crippen LogP contribution is 2.37. The van der Waals surface area contributed by atoms with Crippen molar-refractivity contribution >= 4 is 23.0 Å². The van der Waals surface area contributed by atoms with E-state index in [1.54, 1.807) is 0 Å². The van der Waals surface area contributed by atoms with Gasteiger partial charge in [0.2, 0.25) is 0 Å². The summed E-state index contributed by atoms with van der Waals surface area (Å²) in [6.45, 7) is 0. The van der Waals surface area contributed by atoms with Gasteiger partial charge in [-0.15, -0.1) is 0 Å². The lowest BCUT2D eigenvalue weighted by atomic mass is 10.1.